The van der Waals surface area contributed by atoms with E-state index in [1.807, 2.05) is 104 Å². The number of nitrogens with one attached hydrogen (secondary N) is 1. The second kappa shape index (κ2) is 9.24. The van der Waals surface area contributed by atoms with E-state index in [1.54, 1.807) is 0 Å². The average Bonchev–Trinajstić information content (AvgIpc) is 3.12. The minimum absolute atomic E-state index is 0.247. The van der Waals surface area contributed by atoms with Gasteiger partial charge in [0.05, 0.1) is 17.9 Å². The second-order valence-corrected chi connectivity index (χ2v) is 8.06. The van der Waals surface area contributed by atoms with Gasteiger partial charge in [-0.3, -0.25) is 9.59 Å². The molecule has 0 radical (unpaired) electrons. The number of amides is 2. The molecule has 0 fully saturated rings. The van der Waals surface area contributed by atoms with Crippen molar-refractivity contribution in [2.24, 2.45) is 0 Å². The summed E-state index contributed by atoms with van der Waals surface area (Å²) in [7, 11) is 0. The average molecular weight is 449 g/mol. The lowest BCUT2D eigenvalue weighted by atomic mass is 10.0. The Balaban J connectivity index is 1.59. The molecule has 0 spiro atoms. The van der Waals surface area contributed by atoms with E-state index in [-0.39, 0.29) is 17.5 Å². The molecule has 4 aromatic carbocycles. The maximum atomic E-state index is 13.8. The van der Waals surface area contributed by atoms with E-state index in [9.17, 15) is 9.59 Å². The molecule has 0 aromatic heterocycles. The molecule has 1 aliphatic rings. The Bertz CT molecular complexity index is 1400. The number of hydrogen-bond acceptors (Lipinski definition) is 4. The number of imide groups is 1. The number of nitrogens with zero attached hydrogens (tertiary/aromatic N) is 1. The number of ether oxygens (including phenoxy) is 1. The lowest BCUT2D eigenvalue weighted by Crippen LogP contribution is -2.32. The van der Waals surface area contributed by atoms with Gasteiger partial charge in [-0.2, -0.15) is 0 Å². The largest absolute Gasteiger partial charge is 0.494 e. The first kappa shape index (κ1) is 21.5. The molecule has 2 amide bonds. The van der Waals surface area contributed by atoms with E-state index < -0.39 is 0 Å². The molecule has 0 saturated heterocycles. The van der Waals surface area contributed by atoms with Crippen molar-refractivity contribution in [3.05, 3.63) is 108 Å². The summed E-state index contributed by atoms with van der Waals surface area (Å²) >= 11 is 0. The summed E-state index contributed by atoms with van der Waals surface area (Å²) in [6.07, 6.45) is 0.897. The summed E-state index contributed by atoms with van der Waals surface area (Å²) in [5, 5.41) is 5.03. The van der Waals surface area contributed by atoms with Crippen LogP contribution in [-0.2, 0) is 9.59 Å². The SMILES string of the molecule is CCCOc1cccc(NC2=C(c3ccccc3)C(=O)N(c3cccc4ccccc34)C2=O)c1. The van der Waals surface area contributed by atoms with Gasteiger partial charge in [0.2, 0.25) is 0 Å². The summed E-state index contributed by atoms with van der Waals surface area (Å²) in [6, 6.07) is 30.1. The highest BCUT2D eigenvalue weighted by Gasteiger charge is 2.40. The first-order chi connectivity index (χ1) is 16.7. The van der Waals surface area contributed by atoms with Gasteiger partial charge in [-0.25, -0.2) is 4.90 Å². The Morgan fingerprint density at radius 1 is 0.794 bits per heavy atom. The maximum Gasteiger partial charge on any atom is 0.282 e. The van der Waals surface area contributed by atoms with E-state index in [0.717, 1.165) is 17.2 Å². The smallest absolute Gasteiger partial charge is 0.282 e. The van der Waals surface area contributed by atoms with E-state index >= 15 is 0 Å². The minimum Gasteiger partial charge on any atom is -0.494 e. The van der Waals surface area contributed by atoms with Crippen LogP contribution in [0.2, 0.25) is 0 Å². The number of carbonyl (C=O) groups is 2. The number of benzene rings is 4. The first-order valence-electron chi connectivity index (χ1n) is 11.3. The lowest BCUT2D eigenvalue weighted by molar-refractivity contribution is -0.120. The normalized spacial score (nSPS) is 13.6. The van der Waals surface area contributed by atoms with Crippen molar-refractivity contribution in [1.29, 1.82) is 0 Å². The van der Waals surface area contributed by atoms with Crippen molar-refractivity contribution in [2.45, 2.75) is 13.3 Å². The van der Waals surface area contributed by atoms with Gasteiger partial charge in [0.15, 0.2) is 0 Å². The van der Waals surface area contributed by atoms with Crippen molar-refractivity contribution in [1.82, 2.24) is 0 Å². The van der Waals surface area contributed by atoms with Gasteiger partial charge >= 0.3 is 0 Å². The summed E-state index contributed by atoms with van der Waals surface area (Å²) in [5.74, 6) is -0.0371. The number of fused-ring (bicyclic) bond motifs is 1. The van der Waals surface area contributed by atoms with Gasteiger partial charge in [0.1, 0.15) is 11.4 Å². The fourth-order valence-corrected chi connectivity index (χ4v) is 4.17. The highest BCUT2D eigenvalue weighted by molar-refractivity contribution is 6.47. The van der Waals surface area contributed by atoms with Crippen LogP contribution in [0, 0.1) is 0 Å². The number of anilines is 2. The van der Waals surface area contributed by atoms with Crippen molar-refractivity contribution >= 4 is 39.5 Å². The van der Waals surface area contributed by atoms with Crippen molar-refractivity contribution < 1.29 is 14.3 Å². The predicted octanol–water partition coefficient (Wildman–Crippen LogP) is 6.03. The molecule has 0 aliphatic carbocycles. The summed E-state index contributed by atoms with van der Waals surface area (Å²) < 4.78 is 5.74. The van der Waals surface area contributed by atoms with Gasteiger partial charge in [-0.1, -0.05) is 79.7 Å². The van der Waals surface area contributed by atoms with Gasteiger partial charge < -0.3 is 10.1 Å². The highest BCUT2D eigenvalue weighted by atomic mass is 16.5. The first-order valence-corrected chi connectivity index (χ1v) is 11.3. The monoisotopic (exact) mass is 448 g/mol. The molecular formula is C29H24N2O3. The fraction of sp³-hybridized carbons (Fsp3) is 0.103. The van der Waals surface area contributed by atoms with Gasteiger partial charge in [-0.05, 0) is 35.6 Å². The third kappa shape index (κ3) is 3.92. The third-order valence-electron chi connectivity index (χ3n) is 5.73. The predicted molar refractivity (Wildman–Crippen MR) is 136 cm³/mol. The minimum atomic E-state index is -0.389. The van der Waals surface area contributed by atoms with Crippen LogP contribution < -0.4 is 15.0 Å². The number of rotatable bonds is 7. The van der Waals surface area contributed by atoms with Crippen LogP contribution in [0.25, 0.3) is 16.3 Å². The molecule has 34 heavy (non-hydrogen) atoms. The zero-order chi connectivity index (χ0) is 23.5. The summed E-state index contributed by atoms with van der Waals surface area (Å²) in [4.78, 5) is 28.8. The van der Waals surface area contributed by atoms with Gasteiger partial charge in [0.25, 0.3) is 11.8 Å². The Morgan fingerprint density at radius 2 is 1.53 bits per heavy atom. The van der Waals surface area contributed by atoms with E-state index in [0.29, 0.717) is 34.9 Å². The Labute approximate surface area is 198 Å². The molecular weight excluding hydrogens is 424 g/mol. The Morgan fingerprint density at radius 3 is 2.35 bits per heavy atom. The van der Waals surface area contributed by atoms with Crippen LogP contribution >= 0.6 is 0 Å². The topological polar surface area (TPSA) is 58.6 Å². The molecule has 0 saturated carbocycles. The van der Waals surface area contributed by atoms with Crippen LogP contribution in [0.3, 0.4) is 0 Å². The summed E-state index contributed by atoms with van der Waals surface area (Å²) in [6.45, 7) is 2.65. The Hall–Kier alpha value is -4.38. The lowest BCUT2D eigenvalue weighted by Gasteiger charge is -2.18. The zero-order valence-electron chi connectivity index (χ0n) is 18.8. The Kier molecular flexibility index (Phi) is 5.83. The highest BCUT2D eigenvalue weighted by Crippen LogP contribution is 2.37. The molecule has 0 unspecified atom stereocenters. The van der Waals surface area contributed by atoms with Crippen LogP contribution in [0.1, 0.15) is 18.9 Å². The van der Waals surface area contributed by atoms with Crippen LogP contribution in [0.15, 0.2) is 103 Å². The number of carbonyl (C=O) groups excluding carboxylic acids is 2. The molecule has 5 nitrogen and oxygen atoms in total. The summed E-state index contributed by atoms with van der Waals surface area (Å²) in [5.41, 5.74) is 2.52. The molecule has 0 atom stereocenters. The van der Waals surface area contributed by atoms with Crippen molar-refractivity contribution in [3.63, 3.8) is 0 Å². The van der Waals surface area contributed by atoms with Crippen molar-refractivity contribution in [3.8, 4) is 5.75 Å². The molecule has 1 aliphatic heterocycles. The second-order valence-electron chi connectivity index (χ2n) is 8.06. The van der Waals surface area contributed by atoms with Gasteiger partial charge in [0, 0.05) is 17.1 Å². The fourth-order valence-electron chi connectivity index (χ4n) is 4.17. The van der Waals surface area contributed by atoms with Crippen LogP contribution in [-0.4, -0.2) is 18.4 Å². The molecule has 4 aromatic rings. The van der Waals surface area contributed by atoms with E-state index in [4.69, 9.17) is 4.74 Å². The molecule has 1 N–H and O–H groups in total. The van der Waals surface area contributed by atoms with E-state index in [1.165, 1.54) is 4.90 Å². The maximum absolute atomic E-state index is 13.8. The van der Waals surface area contributed by atoms with Gasteiger partial charge in [-0.15, -0.1) is 0 Å². The third-order valence-corrected chi connectivity index (χ3v) is 5.73. The molecule has 0 bridgehead atoms. The molecule has 1 heterocycles. The zero-order valence-corrected chi connectivity index (χ0v) is 18.8. The quantitative estimate of drug-likeness (QED) is 0.351. The van der Waals surface area contributed by atoms with Crippen molar-refractivity contribution in [2.75, 3.05) is 16.8 Å². The molecule has 168 valence electrons. The molecule has 5 heteroatoms. The standard InChI is InChI=1S/C29H24N2O3/c1-2-18-34-23-15-9-14-22(19-23)30-27-26(21-11-4-3-5-12-21)28(32)31(29(27)33)25-17-8-13-20-10-6-7-16-24(20)25/h3-17,19,30H,2,18H2,1H3. The number of hydrogen-bond donors (Lipinski definition) is 1. The van der Waals surface area contributed by atoms with Crippen LogP contribution in [0.4, 0.5) is 11.4 Å². The van der Waals surface area contributed by atoms with E-state index in [2.05, 4.69) is 5.32 Å². The van der Waals surface area contributed by atoms with Crippen LogP contribution in [0.5, 0.6) is 5.75 Å². The molecule has 5 rings (SSSR count).